The van der Waals surface area contributed by atoms with Crippen LogP contribution in [0.4, 0.5) is 8.78 Å². The highest BCUT2D eigenvalue weighted by molar-refractivity contribution is 7.89. The van der Waals surface area contributed by atoms with Crippen molar-refractivity contribution in [2.45, 2.75) is 5.41 Å². The van der Waals surface area contributed by atoms with Gasteiger partial charge in [-0.25, -0.2) is 17.2 Å². The zero-order valence-electron chi connectivity index (χ0n) is 15.3. The smallest absolute Gasteiger partial charge is 0.251 e. The number of halogens is 3. The molecule has 0 fully saturated rings. The van der Waals surface area contributed by atoms with Crippen LogP contribution < -0.4 is 5.73 Å². The van der Waals surface area contributed by atoms with E-state index in [0.717, 1.165) is 6.26 Å². The number of benzene rings is 3. The normalized spacial score (nSPS) is 12.8. The Morgan fingerprint density at radius 3 is 1.76 bits per heavy atom. The number of hydrogen-bond acceptors (Lipinski definition) is 2. The Kier molecular flexibility index (Phi) is 5.73. The van der Waals surface area contributed by atoms with Gasteiger partial charge in [0.25, 0.3) is 10.0 Å². The molecule has 0 saturated heterocycles. The Morgan fingerprint density at radius 1 is 0.897 bits per heavy atom. The van der Waals surface area contributed by atoms with Crippen molar-refractivity contribution in [1.29, 1.82) is 0 Å². The predicted octanol–water partition coefficient (Wildman–Crippen LogP) is 4.27. The Morgan fingerprint density at radius 2 is 1.34 bits per heavy atom. The Hall–Kier alpha value is -2.77. The van der Waals surface area contributed by atoms with Crippen LogP contribution in [-0.2, 0) is 15.4 Å². The third-order valence-electron chi connectivity index (χ3n) is 4.48. The first-order valence-electron chi connectivity index (χ1n) is 8.47. The molecule has 8 heteroatoms. The molecule has 0 spiro atoms. The summed E-state index contributed by atoms with van der Waals surface area (Å²) < 4.78 is 54.9. The highest BCUT2D eigenvalue weighted by Gasteiger charge is 2.42. The van der Waals surface area contributed by atoms with E-state index < -0.39 is 27.1 Å². The molecule has 4 nitrogen and oxygen atoms in total. The summed E-state index contributed by atoms with van der Waals surface area (Å²) in [5, 5.41) is 0.285. The van der Waals surface area contributed by atoms with E-state index in [1.807, 2.05) is 0 Å². The molecule has 29 heavy (non-hydrogen) atoms. The molecule has 150 valence electrons. The summed E-state index contributed by atoms with van der Waals surface area (Å²) in [6.45, 7) is 0. The molecule has 0 aliphatic heterocycles. The molecule has 0 atom stereocenters. The summed E-state index contributed by atoms with van der Waals surface area (Å²) >= 11 is 6.48. The van der Waals surface area contributed by atoms with E-state index in [9.17, 15) is 17.2 Å². The lowest BCUT2D eigenvalue weighted by Crippen LogP contribution is -2.44. The lowest BCUT2D eigenvalue weighted by Gasteiger charge is -2.35. The maximum absolute atomic E-state index is 13.7. The van der Waals surface area contributed by atoms with Crippen molar-refractivity contribution < 1.29 is 17.2 Å². The molecule has 0 saturated carbocycles. The Balaban J connectivity index is 2.51. The average molecular weight is 435 g/mol. The topological polar surface area (TPSA) is 72.5 Å². The van der Waals surface area contributed by atoms with Crippen molar-refractivity contribution in [3.63, 3.8) is 0 Å². The van der Waals surface area contributed by atoms with E-state index in [2.05, 4.69) is 4.40 Å². The second-order valence-electron chi connectivity index (χ2n) is 6.45. The van der Waals surface area contributed by atoms with Crippen LogP contribution in [0.1, 0.15) is 16.7 Å². The fourth-order valence-electron chi connectivity index (χ4n) is 3.32. The maximum Gasteiger partial charge on any atom is 0.251 e. The molecular formula is C21H17ClF2N2O2S. The molecule has 3 aromatic rings. The van der Waals surface area contributed by atoms with Crippen molar-refractivity contribution in [3.8, 4) is 0 Å². The van der Waals surface area contributed by atoms with Gasteiger partial charge < -0.3 is 5.73 Å². The maximum atomic E-state index is 13.7. The van der Waals surface area contributed by atoms with Gasteiger partial charge in [0.2, 0.25) is 0 Å². The fourth-order valence-corrected chi connectivity index (χ4v) is 4.10. The first-order valence-corrected chi connectivity index (χ1v) is 10.7. The molecule has 0 unspecified atom stereocenters. The molecule has 0 aliphatic rings. The van der Waals surface area contributed by atoms with Gasteiger partial charge in [0.15, 0.2) is 0 Å². The lowest BCUT2D eigenvalue weighted by molar-refractivity contribution is 0.602. The Bertz CT molecular complexity index is 1120. The molecule has 3 rings (SSSR count). The highest BCUT2D eigenvalue weighted by Crippen LogP contribution is 2.43. The molecule has 0 heterocycles. The SMILES string of the molecule is CS(=O)(=O)N=C(N)C(c1ccc(F)cc1)(c1ccc(F)cc1)c1ccccc1Cl. The van der Waals surface area contributed by atoms with Gasteiger partial charge >= 0.3 is 0 Å². The number of nitrogens with two attached hydrogens (primary N) is 1. The largest absolute Gasteiger partial charge is 0.385 e. The minimum Gasteiger partial charge on any atom is -0.385 e. The van der Waals surface area contributed by atoms with Crippen LogP contribution in [-0.4, -0.2) is 20.5 Å². The first-order chi connectivity index (χ1) is 13.6. The van der Waals surface area contributed by atoms with Gasteiger partial charge in [0.1, 0.15) is 22.9 Å². The summed E-state index contributed by atoms with van der Waals surface area (Å²) in [5.74, 6) is -1.27. The number of hydrogen-bond donors (Lipinski definition) is 1. The number of amidine groups is 1. The first kappa shape index (κ1) is 21.0. The van der Waals surface area contributed by atoms with Crippen LogP contribution in [0, 0.1) is 11.6 Å². The quantitative estimate of drug-likeness (QED) is 0.370. The lowest BCUT2D eigenvalue weighted by atomic mass is 9.68. The van der Waals surface area contributed by atoms with Crippen molar-refractivity contribution in [1.82, 2.24) is 0 Å². The zero-order chi connectivity index (χ0) is 21.2. The number of nitrogens with zero attached hydrogens (tertiary/aromatic N) is 1. The summed E-state index contributed by atoms with van der Waals surface area (Å²) in [6.07, 6.45) is 0.909. The zero-order valence-corrected chi connectivity index (χ0v) is 16.9. The minimum absolute atomic E-state index is 0.285. The third-order valence-corrected chi connectivity index (χ3v) is 5.34. The third kappa shape index (κ3) is 4.16. The van der Waals surface area contributed by atoms with Crippen molar-refractivity contribution in [2.24, 2.45) is 10.1 Å². The number of sulfonamides is 1. The van der Waals surface area contributed by atoms with Crippen LogP contribution in [0.25, 0.3) is 0 Å². The van der Waals surface area contributed by atoms with Gasteiger partial charge in [0, 0.05) is 5.02 Å². The van der Waals surface area contributed by atoms with E-state index in [4.69, 9.17) is 17.3 Å². The molecule has 0 amide bonds. The second-order valence-corrected chi connectivity index (χ2v) is 8.51. The van der Waals surface area contributed by atoms with Crippen LogP contribution in [0.5, 0.6) is 0 Å². The molecular weight excluding hydrogens is 418 g/mol. The fraction of sp³-hybridized carbons (Fsp3) is 0.0952. The van der Waals surface area contributed by atoms with Crippen LogP contribution in [0.2, 0.25) is 5.02 Å². The second kappa shape index (κ2) is 7.93. The van der Waals surface area contributed by atoms with E-state index >= 15 is 0 Å². The van der Waals surface area contributed by atoms with Gasteiger partial charge in [-0.05, 0) is 47.0 Å². The van der Waals surface area contributed by atoms with Crippen molar-refractivity contribution in [2.75, 3.05) is 6.26 Å². The van der Waals surface area contributed by atoms with E-state index in [1.165, 1.54) is 48.5 Å². The Labute approximate surface area is 172 Å². The van der Waals surface area contributed by atoms with Crippen LogP contribution >= 0.6 is 11.6 Å². The molecule has 0 radical (unpaired) electrons. The summed E-state index contributed by atoms with van der Waals surface area (Å²) in [5.41, 5.74) is 6.07. The summed E-state index contributed by atoms with van der Waals surface area (Å²) in [4.78, 5) is 0. The average Bonchev–Trinajstić information content (AvgIpc) is 2.65. The van der Waals surface area contributed by atoms with Crippen LogP contribution in [0.3, 0.4) is 0 Å². The molecule has 0 bridgehead atoms. The van der Waals surface area contributed by atoms with Crippen molar-refractivity contribution >= 4 is 27.5 Å². The van der Waals surface area contributed by atoms with E-state index in [1.54, 1.807) is 24.3 Å². The molecule has 0 aliphatic carbocycles. The minimum atomic E-state index is -3.89. The summed E-state index contributed by atoms with van der Waals surface area (Å²) in [6, 6.07) is 17.4. The van der Waals surface area contributed by atoms with Crippen LogP contribution in [0.15, 0.2) is 77.2 Å². The molecule has 2 N–H and O–H groups in total. The van der Waals surface area contributed by atoms with Gasteiger partial charge in [-0.2, -0.15) is 0 Å². The van der Waals surface area contributed by atoms with Gasteiger partial charge in [0.05, 0.1) is 6.26 Å². The van der Waals surface area contributed by atoms with Gasteiger partial charge in [-0.15, -0.1) is 4.40 Å². The monoisotopic (exact) mass is 434 g/mol. The van der Waals surface area contributed by atoms with E-state index in [0.29, 0.717) is 16.7 Å². The summed E-state index contributed by atoms with van der Waals surface area (Å²) in [7, 11) is -3.89. The highest BCUT2D eigenvalue weighted by atomic mass is 35.5. The van der Waals surface area contributed by atoms with Gasteiger partial charge in [-0.1, -0.05) is 54.1 Å². The van der Waals surface area contributed by atoms with E-state index in [-0.39, 0.29) is 10.9 Å². The van der Waals surface area contributed by atoms with Crippen molar-refractivity contribution in [3.05, 3.63) is 106 Å². The number of rotatable bonds is 5. The predicted molar refractivity (Wildman–Crippen MR) is 111 cm³/mol. The standard InChI is InChI=1S/C21H17ClF2N2O2S/c1-29(27,28)26-20(25)21(14-6-10-16(23)11-7-14,15-8-12-17(24)13-9-15)18-4-2-3-5-19(18)22/h2-13H,1H3,(H2,25,26). The van der Waals surface area contributed by atoms with Gasteiger partial charge in [-0.3, -0.25) is 0 Å². The molecule has 0 aromatic heterocycles. The molecule has 3 aromatic carbocycles.